The zero-order valence-corrected chi connectivity index (χ0v) is 16.5. The Morgan fingerprint density at radius 3 is 2.55 bits per heavy atom. The number of nitrogens with zero attached hydrogens (tertiary/aromatic N) is 5. The summed E-state index contributed by atoms with van der Waals surface area (Å²) in [6, 6.07) is 17.0. The Bertz CT molecular complexity index is 1530. The van der Waals surface area contributed by atoms with Gasteiger partial charge in [-0.25, -0.2) is 14.6 Å². The van der Waals surface area contributed by atoms with Crippen molar-refractivity contribution in [3.63, 3.8) is 0 Å². The highest BCUT2D eigenvalue weighted by Gasteiger charge is 2.40. The Morgan fingerprint density at radius 1 is 0.871 bits per heavy atom. The SMILES string of the molecule is Cn1nc(-c2cccnc2)c2c3c(cnc21)C(=O)N(c1cccc2ccccc12)C3=O. The van der Waals surface area contributed by atoms with Crippen molar-refractivity contribution >= 4 is 39.3 Å². The van der Waals surface area contributed by atoms with Crippen LogP contribution in [0.25, 0.3) is 33.1 Å². The highest BCUT2D eigenvalue weighted by Crippen LogP contribution is 2.38. The molecule has 0 saturated carbocycles. The van der Waals surface area contributed by atoms with Gasteiger partial charge in [0, 0.05) is 36.6 Å². The maximum atomic E-state index is 13.7. The number of carbonyl (C=O) groups is 2. The van der Waals surface area contributed by atoms with E-state index >= 15 is 0 Å². The number of aryl methyl sites for hydroxylation is 1. The van der Waals surface area contributed by atoms with Gasteiger partial charge in [0.2, 0.25) is 0 Å². The van der Waals surface area contributed by atoms with Crippen molar-refractivity contribution < 1.29 is 9.59 Å². The van der Waals surface area contributed by atoms with Crippen LogP contribution >= 0.6 is 0 Å². The summed E-state index contributed by atoms with van der Waals surface area (Å²) in [5.41, 5.74) is 3.05. The fraction of sp³-hybridized carbons (Fsp3) is 0.0417. The number of rotatable bonds is 2. The van der Waals surface area contributed by atoms with Gasteiger partial charge in [0.15, 0.2) is 5.65 Å². The van der Waals surface area contributed by atoms with E-state index in [1.54, 1.807) is 30.2 Å². The van der Waals surface area contributed by atoms with Crippen LogP contribution in [0.15, 0.2) is 73.2 Å². The molecule has 31 heavy (non-hydrogen) atoms. The van der Waals surface area contributed by atoms with E-state index in [-0.39, 0.29) is 17.4 Å². The number of hydrogen-bond donors (Lipinski definition) is 0. The van der Waals surface area contributed by atoms with Crippen LogP contribution in [0.2, 0.25) is 0 Å². The van der Waals surface area contributed by atoms with Crippen LogP contribution in [0.1, 0.15) is 20.7 Å². The predicted molar refractivity (Wildman–Crippen MR) is 117 cm³/mol. The first kappa shape index (κ1) is 17.5. The molecule has 5 aromatic rings. The molecule has 2 amide bonds. The van der Waals surface area contributed by atoms with E-state index < -0.39 is 0 Å². The molecule has 0 unspecified atom stereocenters. The topological polar surface area (TPSA) is 81.0 Å². The molecule has 0 saturated heterocycles. The third-order valence-electron chi connectivity index (χ3n) is 5.65. The number of hydrogen-bond acceptors (Lipinski definition) is 5. The quantitative estimate of drug-likeness (QED) is 0.415. The smallest absolute Gasteiger partial charge is 0.267 e. The third kappa shape index (κ3) is 2.37. The average molecular weight is 405 g/mol. The molecule has 0 spiro atoms. The zero-order valence-electron chi connectivity index (χ0n) is 16.5. The van der Waals surface area contributed by atoms with Crippen LogP contribution in [-0.4, -0.2) is 31.6 Å². The molecule has 1 aliphatic heterocycles. The summed E-state index contributed by atoms with van der Waals surface area (Å²) >= 11 is 0. The number of anilines is 1. The molecule has 3 aromatic heterocycles. The Morgan fingerprint density at radius 2 is 1.71 bits per heavy atom. The maximum absolute atomic E-state index is 13.7. The van der Waals surface area contributed by atoms with Crippen LogP contribution in [0.4, 0.5) is 5.69 Å². The second kappa shape index (κ2) is 6.30. The van der Waals surface area contributed by atoms with Crippen molar-refractivity contribution in [2.24, 2.45) is 7.05 Å². The molecule has 0 bridgehead atoms. The summed E-state index contributed by atoms with van der Waals surface area (Å²) in [6.07, 6.45) is 4.83. The molecule has 2 aromatic carbocycles. The summed E-state index contributed by atoms with van der Waals surface area (Å²) in [5.74, 6) is -0.756. The van der Waals surface area contributed by atoms with E-state index in [2.05, 4.69) is 15.1 Å². The van der Waals surface area contributed by atoms with Gasteiger partial charge in [0.1, 0.15) is 5.69 Å². The minimum atomic E-state index is -0.383. The molecule has 0 fully saturated rings. The Hall–Kier alpha value is -4.39. The van der Waals surface area contributed by atoms with Crippen molar-refractivity contribution in [2.45, 2.75) is 0 Å². The summed E-state index contributed by atoms with van der Waals surface area (Å²) in [6.45, 7) is 0. The molecule has 1 aliphatic rings. The van der Waals surface area contributed by atoms with Gasteiger partial charge >= 0.3 is 0 Å². The highest BCUT2D eigenvalue weighted by atomic mass is 16.2. The standard InChI is InChI=1S/C24H15N5O2/c1-28-22-20(21(27-28)15-8-5-11-25-12-15)19-17(13-26-22)23(30)29(24(19)31)18-10-4-7-14-6-2-3-9-16(14)18/h2-13H,1H3. The Balaban J connectivity index is 1.62. The van der Waals surface area contributed by atoms with Gasteiger partial charge in [-0.05, 0) is 23.6 Å². The molecule has 0 atom stereocenters. The average Bonchev–Trinajstić information content (AvgIpc) is 3.28. The van der Waals surface area contributed by atoms with E-state index in [1.165, 1.54) is 11.1 Å². The lowest BCUT2D eigenvalue weighted by Gasteiger charge is -2.16. The molecule has 0 aliphatic carbocycles. The van der Waals surface area contributed by atoms with Crippen molar-refractivity contribution in [1.29, 1.82) is 0 Å². The van der Waals surface area contributed by atoms with Gasteiger partial charge in [-0.3, -0.25) is 14.6 Å². The van der Waals surface area contributed by atoms with Crippen molar-refractivity contribution in [3.8, 4) is 11.3 Å². The fourth-order valence-corrected chi connectivity index (χ4v) is 4.25. The summed E-state index contributed by atoms with van der Waals surface area (Å²) in [4.78, 5) is 36.9. The predicted octanol–water partition coefficient (Wildman–Crippen LogP) is 3.98. The lowest BCUT2D eigenvalue weighted by molar-refractivity contribution is 0.0927. The second-order valence-corrected chi connectivity index (χ2v) is 7.40. The Kier molecular flexibility index (Phi) is 3.55. The van der Waals surface area contributed by atoms with Crippen molar-refractivity contribution in [1.82, 2.24) is 19.7 Å². The molecule has 7 heteroatoms. The lowest BCUT2D eigenvalue weighted by Crippen LogP contribution is -2.29. The molecular formula is C24H15N5O2. The first-order chi connectivity index (χ1) is 15.1. The van der Waals surface area contributed by atoms with Gasteiger partial charge in [0.25, 0.3) is 11.8 Å². The molecule has 148 valence electrons. The molecule has 0 radical (unpaired) electrons. The number of pyridine rings is 2. The Labute approximate surface area is 176 Å². The van der Waals surface area contributed by atoms with Gasteiger partial charge in [0.05, 0.1) is 22.2 Å². The summed E-state index contributed by atoms with van der Waals surface area (Å²) in [7, 11) is 1.77. The minimum Gasteiger partial charge on any atom is -0.268 e. The van der Waals surface area contributed by atoms with Crippen LogP contribution in [-0.2, 0) is 7.05 Å². The molecule has 0 N–H and O–H groups in total. The number of fused-ring (bicyclic) bond motifs is 4. The number of aromatic nitrogens is 4. The zero-order chi connectivity index (χ0) is 21.1. The van der Waals surface area contributed by atoms with Gasteiger partial charge < -0.3 is 0 Å². The number of benzene rings is 2. The van der Waals surface area contributed by atoms with E-state index in [1.807, 2.05) is 48.5 Å². The van der Waals surface area contributed by atoms with Crippen LogP contribution in [0, 0.1) is 0 Å². The van der Waals surface area contributed by atoms with Crippen LogP contribution in [0.5, 0.6) is 0 Å². The summed E-state index contributed by atoms with van der Waals surface area (Å²) < 4.78 is 1.62. The number of imide groups is 1. The van der Waals surface area contributed by atoms with E-state index in [0.717, 1.165) is 16.3 Å². The fourth-order valence-electron chi connectivity index (χ4n) is 4.25. The normalized spacial score (nSPS) is 13.4. The molecule has 6 rings (SSSR count). The minimum absolute atomic E-state index is 0.281. The van der Waals surface area contributed by atoms with Crippen LogP contribution in [0.3, 0.4) is 0 Å². The first-order valence-corrected chi connectivity index (χ1v) is 9.78. The van der Waals surface area contributed by atoms with E-state index in [4.69, 9.17) is 0 Å². The molecular weight excluding hydrogens is 390 g/mol. The molecule has 7 nitrogen and oxygen atoms in total. The monoisotopic (exact) mass is 405 g/mol. The number of amides is 2. The second-order valence-electron chi connectivity index (χ2n) is 7.40. The first-order valence-electron chi connectivity index (χ1n) is 9.78. The molecule has 4 heterocycles. The van der Waals surface area contributed by atoms with Crippen molar-refractivity contribution in [3.05, 3.63) is 84.3 Å². The van der Waals surface area contributed by atoms with Gasteiger partial charge in [-0.1, -0.05) is 36.4 Å². The van der Waals surface area contributed by atoms with E-state index in [9.17, 15) is 9.59 Å². The largest absolute Gasteiger partial charge is 0.268 e. The lowest BCUT2D eigenvalue weighted by atomic mass is 10.0. The van der Waals surface area contributed by atoms with E-state index in [0.29, 0.717) is 28.0 Å². The maximum Gasteiger partial charge on any atom is 0.267 e. The van der Waals surface area contributed by atoms with Gasteiger partial charge in [-0.2, -0.15) is 5.10 Å². The van der Waals surface area contributed by atoms with Gasteiger partial charge in [-0.15, -0.1) is 0 Å². The van der Waals surface area contributed by atoms with Crippen molar-refractivity contribution in [2.75, 3.05) is 4.90 Å². The van der Waals surface area contributed by atoms with Crippen LogP contribution < -0.4 is 4.90 Å². The third-order valence-corrected chi connectivity index (χ3v) is 5.65. The summed E-state index contributed by atoms with van der Waals surface area (Å²) in [5, 5.41) is 6.93. The number of carbonyl (C=O) groups excluding carboxylic acids is 2. The highest BCUT2D eigenvalue weighted by molar-refractivity contribution is 6.39.